The van der Waals surface area contributed by atoms with E-state index < -0.39 is 0 Å². The number of hydrogen-bond acceptors (Lipinski definition) is 2. The van der Waals surface area contributed by atoms with E-state index in [0.717, 1.165) is 0 Å². The molecular formula is C5H10N2OS. The minimum absolute atomic E-state index is 0.148. The van der Waals surface area contributed by atoms with Crippen molar-refractivity contribution in [1.82, 2.24) is 10.2 Å². The van der Waals surface area contributed by atoms with Crippen molar-refractivity contribution in [3.63, 3.8) is 0 Å². The maximum atomic E-state index is 10.2. The van der Waals surface area contributed by atoms with E-state index in [-0.39, 0.29) is 5.56 Å². The molecule has 1 aromatic rings. The first-order chi connectivity index (χ1) is 4.29. The van der Waals surface area contributed by atoms with Gasteiger partial charge in [-0.3, -0.25) is 15.0 Å². The largest absolute Gasteiger partial charge is 0.292 e. The third-order valence-corrected chi connectivity index (χ3v) is 0.822. The van der Waals surface area contributed by atoms with Crippen molar-refractivity contribution in [2.75, 3.05) is 0 Å². The maximum absolute atomic E-state index is 10.2. The van der Waals surface area contributed by atoms with Crippen LogP contribution in [0.2, 0.25) is 0 Å². The molecule has 4 heteroatoms. The van der Waals surface area contributed by atoms with E-state index in [4.69, 9.17) is 0 Å². The Morgan fingerprint density at radius 2 is 2.00 bits per heavy atom. The van der Waals surface area contributed by atoms with Crippen molar-refractivity contribution in [3.8, 4) is 0 Å². The second-order valence-corrected chi connectivity index (χ2v) is 1.63. The monoisotopic (exact) mass is 146 g/mol. The number of thiol groups is 1. The van der Waals surface area contributed by atoms with Crippen LogP contribution in [0.3, 0.4) is 0 Å². The summed E-state index contributed by atoms with van der Waals surface area (Å²) in [5, 5.41) is 5.37. The lowest BCUT2D eigenvalue weighted by Crippen LogP contribution is -1.93. The molecule has 1 rings (SSSR count). The van der Waals surface area contributed by atoms with Gasteiger partial charge in [-0.1, -0.05) is 13.8 Å². The fraction of sp³-hybridized carbons (Fsp3) is 0.400. The first kappa shape index (κ1) is 8.36. The predicted octanol–water partition coefficient (Wildman–Crippen LogP) is 1.02. The van der Waals surface area contributed by atoms with Crippen LogP contribution in [0.15, 0.2) is 15.9 Å². The Kier molecular flexibility index (Phi) is 3.96. The van der Waals surface area contributed by atoms with Crippen molar-refractivity contribution in [2.45, 2.75) is 18.9 Å². The van der Waals surface area contributed by atoms with Crippen molar-refractivity contribution in [2.24, 2.45) is 0 Å². The van der Waals surface area contributed by atoms with Gasteiger partial charge in [0, 0.05) is 6.07 Å². The molecule has 0 radical (unpaired) electrons. The van der Waals surface area contributed by atoms with Gasteiger partial charge in [0.15, 0.2) is 0 Å². The summed E-state index contributed by atoms with van der Waals surface area (Å²) in [6, 6.07) is 1.36. The van der Waals surface area contributed by atoms with E-state index in [1.807, 2.05) is 13.8 Å². The summed E-state index contributed by atoms with van der Waals surface area (Å²) < 4.78 is 0. The van der Waals surface area contributed by atoms with Gasteiger partial charge in [-0.2, -0.15) is 0 Å². The summed E-state index contributed by atoms with van der Waals surface area (Å²) in [7, 11) is 0. The highest BCUT2D eigenvalue weighted by Gasteiger charge is 1.82. The van der Waals surface area contributed by atoms with Gasteiger partial charge >= 0.3 is 0 Å². The van der Waals surface area contributed by atoms with Crippen molar-refractivity contribution >= 4 is 12.6 Å². The molecule has 0 spiro atoms. The number of hydrogen-bond donors (Lipinski definition) is 3. The van der Waals surface area contributed by atoms with Gasteiger partial charge in [0.05, 0.1) is 5.03 Å². The molecule has 0 aliphatic heterocycles. The van der Waals surface area contributed by atoms with Gasteiger partial charge in [-0.15, -0.1) is 12.6 Å². The summed E-state index contributed by atoms with van der Waals surface area (Å²) in [4.78, 5) is 10.2. The molecule has 0 amide bonds. The summed E-state index contributed by atoms with van der Waals surface area (Å²) in [5.41, 5.74) is -0.148. The lowest BCUT2D eigenvalue weighted by atomic mass is 10.7. The summed E-state index contributed by atoms with van der Waals surface area (Å²) in [6.45, 7) is 4.00. The zero-order valence-corrected chi connectivity index (χ0v) is 6.33. The molecule has 1 heterocycles. The summed E-state index contributed by atoms with van der Waals surface area (Å²) in [5.74, 6) is 0. The zero-order valence-electron chi connectivity index (χ0n) is 5.43. The molecule has 0 fully saturated rings. The normalized spacial score (nSPS) is 7.89. The second-order valence-electron chi connectivity index (χ2n) is 1.14. The Hall–Kier alpha value is -0.640. The van der Waals surface area contributed by atoms with Crippen LogP contribution in [0, 0.1) is 0 Å². The van der Waals surface area contributed by atoms with Crippen LogP contribution in [-0.2, 0) is 0 Å². The molecule has 0 aromatic carbocycles. The Morgan fingerprint density at radius 1 is 1.44 bits per heavy atom. The first-order valence-electron chi connectivity index (χ1n) is 2.76. The molecule has 3 nitrogen and oxygen atoms in total. The van der Waals surface area contributed by atoms with E-state index in [9.17, 15) is 4.79 Å². The molecule has 0 unspecified atom stereocenters. The van der Waals surface area contributed by atoms with Crippen molar-refractivity contribution in [3.05, 3.63) is 16.4 Å². The Bertz CT molecular complexity index is 203. The zero-order chi connectivity index (χ0) is 7.28. The fourth-order valence-corrected chi connectivity index (χ4v) is 0.495. The van der Waals surface area contributed by atoms with Crippen LogP contribution in [0.4, 0.5) is 0 Å². The van der Waals surface area contributed by atoms with Gasteiger partial charge < -0.3 is 0 Å². The predicted molar refractivity (Wildman–Crippen MR) is 40.0 cm³/mol. The topological polar surface area (TPSA) is 48.6 Å². The van der Waals surface area contributed by atoms with Gasteiger partial charge in [0.2, 0.25) is 0 Å². The molecule has 52 valence electrons. The number of nitrogens with one attached hydrogen (secondary N) is 2. The molecule has 0 aliphatic carbocycles. The quantitative estimate of drug-likeness (QED) is 0.470. The van der Waals surface area contributed by atoms with Gasteiger partial charge in [-0.05, 0) is 0 Å². The van der Waals surface area contributed by atoms with E-state index in [2.05, 4.69) is 22.8 Å². The molecule has 2 N–H and O–H groups in total. The SMILES string of the molecule is CC.O=c1cc(S)[nH][nH]1. The van der Waals surface area contributed by atoms with E-state index in [1.54, 1.807) is 0 Å². The highest BCUT2D eigenvalue weighted by molar-refractivity contribution is 7.80. The minimum Gasteiger partial charge on any atom is -0.292 e. The number of rotatable bonds is 0. The van der Waals surface area contributed by atoms with Crippen molar-refractivity contribution < 1.29 is 0 Å². The average Bonchev–Trinajstić information content (AvgIpc) is 2.20. The average molecular weight is 146 g/mol. The van der Waals surface area contributed by atoms with Crippen molar-refractivity contribution in [1.29, 1.82) is 0 Å². The number of H-pyrrole nitrogens is 2. The smallest absolute Gasteiger partial charge is 0.265 e. The highest BCUT2D eigenvalue weighted by Crippen LogP contribution is 1.89. The Balaban J connectivity index is 0.000000291. The van der Waals surface area contributed by atoms with Crippen LogP contribution >= 0.6 is 12.6 Å². The third-order valence-electron chi connectivity index (χ3n) is 0.582. The molecule has 0 saturated heterocycles. The van der Waals surface area contributed by atoms with E-state index >= 15 is 0 Å². The third kappa shape index (κ3) is 3.03. The van der Waals surface area contributed by atoms with Crippen LogP contribution in [0.25, 0.3) is 0 Å². The fourth-order valence-electron chi connectivity index (χ4n) is 0.322. The molecule has 0 bridgehead atoms. The second kappa shape index (κ2) is 4.26. The lowest BCUT2D eigenvalue weighted by molar-refractivity contribution is 0.989. The lowest BCUT2D eigenvalue weighted by Gasteiger charge is -1.68. The van der Waals surface area contributed by atoms with Gasteiger partial charge in [0.1, 0.15) is 0 Å². The van der Waals surface area contributed by atoms with Crippen LogP contribution in [0.5, 0.6) is 0 Å². The van der Waals surface area contributed by atoms with E-state index in [0.29, 0.717) is 5.03 Å². The molecular weight excluding hydrogens is 136 g/mol. The van der Waals surface area contributed by atoms with Gasteiger partial charge in [0.25, 0.3) is 5.56 Å². The molecule has 0 saturated carbocycles. The highest BCUT2D eigenvalue weighted by atomic mass is 32.1. The molecule has 0 atom stereocenters. The summed E-state index contributed by atoms with van der Waals surface area (Å²) >= 11 is 3.82. The maximum Gasteiger partial charge on any atom is 0.265 e. The number of aromatic nitrogens is 2. The molecule has 9 heavy (non-hydrogen) atoms. The van der Waals surface area contributed by atoms with Gasteiger partial charge in [-0.25, -0.2) is 0 Å². The van der Waals surface area contributed by atoms with Crippen LogP contribution in [0.1, 0.15) is 13.8 Å². The first-order valence-corrected chi connectivity index (χ1v) is 3.20. The number of aromatic amines is 2. The molecule has 0 aliphatic rings. The van der Waals surface area contributed by atoms with Crippen LogP contribution in [-0.4, -0.2) is 10.2 Å². The van der Waals surface area contributed by atoms with E-state index in [1.165, 1.54) is 6.07 Å². The van der Waals surface area contributed by atoms with Crippen LogP contribution < -0.4 is 5.56 Å². The Morgan fingerprint density at radius 3 is 2.11 bits per heavy atom. The minimum atomic E-state index is -0.148. The molecule has 1 aromatic heterocycles. The summed E-state index contributed by atoms with van der Waals surface area (Å²) in [6.07, 6.45) is 0. The standard InChI is InChI=1S/C3H4N2OS.C2H6/c6-2-1-3(7)5-4-2;1-2/h1H,(H3,4,5,6,7);1-2H3. The Labute approximate surface area is 58.9 Å².